The quantitative estimate of drug-likeness (QED) is 0.829. The molecule has 2 aliphatic rings. The van der Waals surface area contributed by atoms with Crippen molar-refractivity contribution in [3.63, 3.8) is 0 Å². The molecule has 0 aliphatic carbocycles. The number of likely N-dealkylation sites (tertiary alicyclic amines) is 1. The first-order valence-corrected chi connectivity index (χ1v) is 7.53. The molecule has 22 heavy (non-hydrogen) atoms. The molecule has 0 N–H and O–H groups in total. The number of hydrogen-bond donors (Lipinski definition) is 0. The van der Waals surface area contributed by atoms with Crippen LogP contribution in [0, 0.1) is 0 Å². The molecule has 0 saturated carbocycles. The Morgan fingerprint density at radius 1 is 1.36 bits per heavy atom. The molecule has 0 bridgehead atoms. The first-order valence-electron chi connectivity index (χ1n) is 7.53. The number of carbonyl (C=O) groups excluding carboxylic acids is 2. The fourth-order valence-corrected chi connectivity index (χ4v) is 2.72. The van der Waals surface area contributed by atoms with Crippen LogP contribution >= 0.6 is 0 Å². The van der Waals surface area contributed by atoms with Gasteiger partial charge in [-0.3, -0.25) is 9.59 Å². The summed E-state index contributed by atoms with van der Waals surface area (Å²) in [6, 6.07) is 7.50. The Morgan fingerprint density at radius 3 is 2.86 bits per heavy atom. The molecular formula is C16H20N2O4. The van der Waals surface area contributed by atoms with Crippen LogP contribution in [-0.4, -0.2) is 61.0 Å². The number of rotatable bonds is 4. The molecule has 1 saturated heterocycles. The van der Waals surface area contributed by atoms with Gasteiger partial charge in [0.2, 0.25) is 11.8 Å². The topological polar surface area (TPSA) is 59.1 Å². The van der Waals surface area contributed by atoms with Gasteiger partial charge < -0.3 is 19.3 Å². The first-order chi connectivity index (χ1) is 10.6. The maximum atomic E-state index is 12.2. The first kappa shape index (κ1) is 14.7. The zero-order chi connectivity index (χ0) is 15.5. The van der Waals surface area contributed by atoms with E-state index >= 15 is 0 Å². The van der Waals surface area contributed by atoms with Crippen molar-refractivity contribution < 1.29 is 19.1 Å². The molecule has 2 amide bonds. The molecule has 6 heteroatoms. The Morgan fingerprint density at radius 2 is 2.14 bits per heavy atom. The van der Waals surface area contributed by atoms with E-state index in [0.29, 0.717) is 31.9 Å². The minimum Gasteiger partial charge on any atom is -0.486 e. The fourth-order valence-electron chi connectivity index (χ4n) is 2.72. The molecule has 1 atom stereocenters. The SMILES string of the molecule is CN(CC1COc2ccccc2O1)C(=O)CN1CCCC1=O. The van der Waals surface area contributed by atoms with E-state index < -0.39 is 0 Å². The van der Waals surface area contributed by atoms with Crippen molar-refractivity contribution in [1.82, 2.24) is 9.80 Å². The van der Waals surface area contributed by atoms with Crippen molar-refractivity contribution in [2.24, 2.45) is 0 Å². The number of hydrogen-bond acceptors (Lipinski definition) is 4. The smallest absolute Gasteiger partial charge is 0.242 e. The molecule has 1 fully saturated rings. The van der Waals surface area contributed by atoms with Crippen LogP contribution in [-0.2, 0) is 9.59 Å². The fraction of sp³-hybridized carbons (Fsp3) is 0.500. The number of carbonyl (C=O) groups is 2. The summed E-state index contributed by atoms with van der Waals surface area (Å²) in [6.07, 6.45) is 1.19. The second-order valence-electron chi connectivity index (χ2n) is 5.69. The van der Waals surface area contributed by atoms with Gasteiger partial charge in [-0.05, 0) is 18.6 Å². The van der Waals surface area contributed by atoms with Gasteiger partial charge in [0.25, 0.3) is 0 Å². The number of nitrogens with zero attached hydrogens (tertiary/aromatic N) is 2. The van der Waals surface area contributed by atoms with Crippen LogP contribution in [0.4, 0.5) is 0 Å². The van der Waals surface area contributed by atoms with E-state index in [1.807, 2.05) is 24.3 Å². The number of fused-ring (bicyclic) bond motifs is 1. The van der Waals surface area contributed by atoms with Gasteiger partial charge in [0.15, 0.2) is 17.6 Å². The third-order valence-corrected chi connectivity index (χ3v) is 3.97. The van der Waals surface area contributed by atoms with Gasteiger partial charge >= 0.3 is 0 Å². The lowest BCUT2D eigenvalue weighted by atomic mass is 10.2. The Balaban J connectivity index is 1.52. The van der Waals surface area contributed by atoms with Crippen LogP contribution in [0.15, 0.2) is 24.3 Å². The Kier molecular flexibility index (Phi) is 4.18. The predicted octanol–water partition coefficient (Wildman–Crippen LogP) is 0.907. The van der Waals surface area contributed by atoms with E-state index in [1.54, 1.807) is 16.8 Å². The van der Waals surface area contributed by atoms with Crippen molar-refractivity contribution in [2.45, 2.75) is 18.9 Å². The number of para-hydroxylation sites is 2. The zero-order valence-electron chi connectivity index (χ0n) is 12.7. The van der Waals surface area contributed by atoms with Crippen LogP contribution in [0.2, 0.25) is 0 Å². The number of ether oxygens (including phenoxy) is 2. The number of benzene rings is 1. The number of amides is 2. The average molecular weight is 304 g/mol. The van der Waals surface area contributed by atoms with E-state index in [9.17, 15) is 9.59 Å². The normalized spacial score (nSPS) is 20.1. The average Bonchev–Trinajstić information content (AvgIpc) is 2.92. The summed E-state index contributed by atoms with van der Waals surface area (Å²) in [6.45, 7) is 1.68. The third-order valence-electron chi connectivity index (χ3n) is 3.97. The highest BCUT2D eigenvalue weighted by Crippen LogP contribution is 2.30. The minimum atomic E-state index is -0.196. The van der Waals surface area contributed by atoms with Crippen molar-refractivity contribution in [1.29, 1.82) is 0 Å². The summed E-state index contributed by atoms with van der Waals surface area (Å²) in [7, 11) is 1.73. The van der Waals surface area contributed by atoms with Gasteiger partial charge in [0.05, 0.1) is 13.1 Å². The lowest BCUT2D eigenvalue weighted by Gasteiger charge is -2.30. The van der Waals surface area contributed by atoms with Crippen LogP contribution < -0.4 is 9.47 Å². The van der Waals surface area contributed by atoms with Crippen LogP contribution in [0.3, 0.4) is 0 Å². The molecule has 1 unspecified atom stereocenters. The third kappa shape index (κ3) is 3.16. The second kappa shape index (κ2) is 6.25. The molecule has 2 heterocycles. The molecule has 0 spiro atoms. The Hall–Kier alpha value is -2.24. The predicted molar refractivity (Wildman–Crippen MR) is 79.8 cm³/mol. The Labute approximate surface area is 129 Å². The van der Waals surface area contributed by atoms with Crippen molar-refractivity contribution in [2.75, 3.05) is 33.3 Å². The highest BCUT2D eigenvalue weighted by atomic mass is 16.6. The van der Waals surface area contributed by atoms with Crippen molar-refractivity contribution in [3.05, 3.63) is 24.3 Å². The summed E-state index contributed by atoms with van der Waals surface area (Å²) in [4.78, 5) is 27.0. The molecule has 2 aliphatic heterocycles. The summed E-state index contributed by atoms with van der Waals surface area (Å²) < 4.78 is 11.5. The van der Waals surface area contributed by atoms with E-state index in [0.717, 1.165) is 12.2 Å². The summed E-state index contributed by atoms with van der Waals surface area (Å²) >= 11 is 0. The summed E-state index contributed by atoms with van der Waals surface area (Å²) in [5.74, 6) is 1.43. The molecular weight excluding hydrogens is 284 g/mol. The van der Waals surface area contributed by atoms with Crippen LogP contribution in [0.1, 0.15) is 12.8 Å². The van der Waals surface area contributed by atoms with Gasteiger partial charge in [-0.1, -0.05) is 12.1 Å². The van der Waals surface area contributed by atoms with Gasteiger partial charge in [-0.15, -0.1) is 0 Å². The van der Waals surface area contributed by atoms with E-state index in [-0.39, 0.29) is 24.5 Å². The maximum absolute atomic E-state index is 12.2. The highest BCUT2D eigenvalue weighted by Gasteiger charge is 2.27. The second-order valence-corrected chi connectivity index (χ2v) is 5.69. The van der Waals surface area contributed by atoms with Gasteiger partial charge in [0.1, 0.15) is 6.61 Å². The van der Waals surface area contributed by atoms with E-state index in [2.05, 4.69) is 0 Å². The minimum absolute atomic E-state index is 0.0629. The highest BCUT2D eigenvalue weighted by molar-refractivity contribution is 5.85. The molecule has 3 rings (SSSR count). The van der Waals surface area contributed by atoms with Crippen molar-refractivity contribution >= 4 is 11.8 Å². The van der Waals surface area contributed by atoms with Gasteiger partial charge in [-0.25, -0.2) is 0 Å². The zero-order valence-corrected chi connectivity index (χ0v) is 12.7. The van der Waals surface area contributed by atoms with Gasteiger partial charge in [-0.2, -0.15) is 0 Å². The molecule has 1 aromatic carbocycles. The van der Waals surface area contributed by atoms with E-state index in [4.69, 9.17) is 9.47 Å². The summed E-state index contributed by atoms with van der Waals surface area (Å²) in [5.41, 5.74) is 0. The van der Waals surface area contributed by atoms with Gasteiger partial charge in [0, 0.05) is 20.0 Å². The van der Waals surface area contributed by atoms with E-state index in [1.165, 1.54) is 0 Å². The molecule has 118 valence electrons. The lowest BCUT2D eigenvalue weighted by Crippen LogP contribution is -2.45. The number of likely N-dealkylation sites (N-methyl/N-ethyl adjacent to an activating group) is 1. The standard InChI is InChI=1S/C16H20N2O4/c1-17(16(20)10-18-8-4-7-15(18)19)9-12-11-21-13-5-2-3-6-14(13)22-12/h2-3,5-6,12H,4,7-11H2,1H3. The molecule has 0 aromatic heterocycles. The summed E-state index contributed by atoms with van der Waals surface area (Å²) in [5, 5.41) is 0. The lowest BCUT2D eigenvalue weighted by molar-refractivity contribution is -0.138. The molecule has 0 radical (unpaired) electrons. The molecule has 1 aromatic rings. The largest absolute Gasteiger partial charge is 0.486 e. The Bertz CT molecular complexity index is 575. The van der Waals surface area contributed by atoms with Crippen molar-refractivity contribution in [3.8, 4) is 11.5 Å². The van der Waals surface area contributed by atoms with Crippen LogP contribution in [0.25, 0.3) is 0 Å². The molecule has 6 nitrogen and oxygen atoms in total. The monoisotopic (exact) mass is 304 g/mol. The van der Waals surface area contributed by atoms with Crippen LogP contribution in [0.5, 0.6) is 11.5 Å². The maximum Gasteiger partial charge on any atom is 0.242 e.